The number of sulfone groups is 1. The number of pyridine rings is 1. The summed E-state index contributed by atoms with van der Waals surface area (Å²) in [7, 11) is -2.16. The summed E-state index contributed by atoms with van der Waals surface area (Å²) in [6.45, 7) is 2.23. The second-order valence-electron chi connectivity index (χ2n) is 10.2. The first-order chi connectivity index (χ1) is 18.6. The number of benzene rings is 1. The van der Waals surface area contributed by atoms with E-state index in [0.29, 0.717) is 24.3 Å². The SMILES string of the molecule is COC(C)c1ccc(Nc2cc(CC(=O)C3CC3)nc3c2nc(C(F)F)n3C2CCCCO2)c(S(C)(=O)=O)c1. The van der Waals surface area contributed by atoms with Gasteiger partial charge in [0.15, 0.2) is 21.3 Å². The number of hydrogen-bond donors (Lipinski definition) is 1. The van der Waals surface area contributed by atoms with Gasteiger partial charge >= 0.3 is 0 Å². The van der Waals surface area contributed by atoms with Crippen molar-refractivity contribution in [2.45, 2.75) is 69.1 Å². The van der Waals surface area contributed by atoms with E-state index in [1.165, 1.54) is 17.7 Å². The van der Waals surface area contributed by atoms with Gasteiger partial charge < -0.3 is 14.8 Å². The Hall–Kier alpha value is -2.96. The summed E-state index contributed by atoms with van der Waals surface area (Å²) in [6, 6.07) is 6.47. The van der Waals surface area contributed by atoms with Crippen LogP contribution in [0.5, 0.6) is 0 Å². The predicted molar refractivity (Wildman–Crippen MR) is 141 cm³/mol. The first-order valence-corrected chi connectivity index (χ1v) is 14.9. The van der Waals surface area contributed by atoms with Crippen molar-refractivity contribution < 1.29 is 31.5 Å². The van der Waals surface area contributed by atoms with Gasteiger partial charge in [0, 0.05) is 32.3 Å². The maximum atomic E-state index is 14.2. The number of aromatic nitrogens is 3. The maximum Gasteiger partial charge on any atom is 0.295 e. The fraction of sp³-hybridized carbons (Fsp3) is 0.519. The smallest absolute Gasteiger partial charge is 0.295 e. The third-order valence-electron chi connectivity index (χ3n) is 7.25. The number of alkyl halides is 2. The van der Waals surface area contributed by atoms with E-state index in [4.69, 9.17) is 9.47 Å². The standard InChI is InChI=1S/C27H32F2N4O5S/c1-15(37-2)17-9-10-19(22(12-17)39(3,35)36)31-20-13-18(14-21(34)16-7-8-16)30-26-24(20)32-27(25(28)29)33(26)23-6-4-5-11-38-23/h9-10,12-13,15-16,23,25H,4-8,11,14H2,1-3H3,(H,30,31). The summed E-state index contributed by atoms with van der Waals surface area (Å²) < 4.78 is 66.5. The number of Topliss-reactive ketones (excluding diaryl/α,β-unsaturated/α-hetero) is 1. The summed E-state index contributed by atoms with van der Waals surface area (Å²) >= 11 is 0. The highest BCUT2D eigenvalue weighted by atomic mass is 32.2. The van der Waals surface area contributed by atoms with Gasteiger partial charge in [-0.15, -0.1) is 0 Å². The Kier molecular flexibility index (Phi) is 7.71. The van der Waals surface area contributed by atoms with E-state index < -0.39 is 28.3 Å². The number of nitrogens with one attached hydrogen (secondary N) is 1. The van der Waals surface area contributed by atoms with Crippen LogP contribution in [0.15, 0.2) is 29.2 Å². The Balaban J connectivity index is 1.67. The lowest BCUT2D eigenvalue weighted by molar-refractivity contribution is -0.119. The molecule has 0 bridgehead atoms. The van der Waals surface area contributed by atoms with Crippen LogP contribution in [0.3, 0.4) is 0 Å². The van der Waals surface area contributed by atoms with Crippen molar-refractivity contribution in [3.63, 3.8) is 0 Å². The second-order valence-corrected chi connectivity index (χ2v) is 12.2. The quantitative estimate of drug-likeness (QED) is 0.348. The van der Waals surface area contributed by atoms with E-state index >= 15 is 0 Å². The molecule has 210 valence electrons. The number of rotatable bonds is 10. The summed E-state index contributed by atoms with van der Waals surface area (Å²) in [5.74, 6) is -0.448. The normalized spacial score (nSPS) is 19.0. The minimum atomic E-state index is -3.69. The Bertz CT molecular complexity index is 1500. The summed E-state index contributed by atoms with van der Waals surface area (Å²) in [5, 5.41) is 3.11. The average Bonchev–Trinajstić information content (AvgIpc) is 3.68. The maximum absolute atomic E-state index is 14.2. The number of hydrogen-bond acceptors (Lipinski definition) is 8. The molecule has 3 heterocycles. The number of halogens is 2. The molecule has 1 saturated heterocycles. The molecule has 1 aliphatic heterocycles. The van der Waals surface area contributed by atoms with Gasteiger partial charge in [0.05, 0.1) is 28.1 Å². The third-order valence-corrected chi connectivity index (χ3v) is 8.39. The lowest BCUT2D eigenvalue weighted by Gasteiger charge is -2.25. The number of carbonyl (C=O) groups excluding carboxylic acids is 1. The molecule has 1 N–H and O–H groups in total. The van der Waals surface area contributed by atoms with Crippen LogP contribution < -0.4 is 5.32 Å². The number of anilines is 2. The van der Waals surface area contributed by atoms with Crippen LogP contribution in [0.1, 0.15) is 74.9 Å². The first kappa shape index (κ1) is 27.6. The molecule has 5 rings (SSSR count). The number of methoxy groups -OCH3 is 1. The van der Waals surface area contributed by atoms with Crippen LogP contribution >= 0.6 is 0 Å². The molecule has 0 amide bonds. The molecule has 2 aliphatic rings. The van der Waals surface area contributed by atoms with Gasteiger partial charge in [-0.1, -0.05) is 6.07 Å². The van der Waals surface area contributed by atoms with Crippen molar-refractivity contribution in [3.8, 4) is 0 Å². The molecule has 0 spiro atoms. The summed E-state index contributed by atoms with van der Waals surface area (Å²) in [5.41, 5.74) is 1.91. The molecule has 2 aromatic heterocycles. The van der Waals surface area contributed by atoms with Gasteiger partial charge in [0.2, 0.25) is 0 Å². The molecule has 1 aromatic carbocycles. The monoisotopic (exact) mass is 562 g/mol. The number of ether oxygens (including phenoxy) is 2. The molecule has 1 saturated carbocycles. The van der Waals surface area contributed by atoms with E-state index in [9.17, 15) is 22.0 Å². The van der Waals surface area contributed by atoms with E-state index in [2.05, 4.69) is 15.3 Å². The van der Waals surface area contributed by atoms with Crippen molar-refractivity contribution in [3.05, 3.63) is 41.3 Å². The van der Waals surface area contributed by atoms with Gasteiger partial charge in [-0.2, -0.15) is 0 Å². The number of carbonyl (C=O) groups is 1. The minimum Gasteiger partial charge on any atom is -0.377 e. The zero-order valence-electron chi connectivity index (χ0n) is 22.1. The number of ketones is 1. The second kappa shape index (κ2) is 10.9. The fourth-order valence-corrected chi connectivity index (χ4v) is 5.76. The Morgan fingerprint density at radius 2 is 1.95 bits per heavy atom. The van der Waals surface area contributed by atoms with Gasteiger partial charge in [0.25, 0.3) is 6.43 Å². The predicted octanol–water partition coefficient (Wildman–Crippen LogP) is 5.44. The van der Waals surface area contributed by atoms with Gasteiger partial charge in [0.1, 0.15) is 17.5 Å². The molecule has 9 nitrogen and oxygen atoms in total. The molecule has 2 atom stereocenters. The Labute approximate surface area is 225 Å². The van der Waals surface area contributed by atoms with E-state index in [1.54, 1.807) is 25.1 Å². The molecule has 12 heteroatoms. The van der Waals surface area contributed by atoms with E-state index in [1.807, 2.05) is 0 Å². The van der Waals surface area contributed by atoms with Crippen molar-refractivity contribution in [2.24, 2.45) is 5.92 Å². The molecule has 39 heavy (non-hydrogen) atoms. The highest BCUT2D eigenvalue weighted by Crippen LogP contribution is 2.38. The number of imidazole rings is 1. The molecule has 3 aromatic rings. The molecular weight excluding hydrogens is 530 g/mol. The van der Waals surface area contributed by atoms with Crippen LogP contribution in [0, 0.1) is 5.92 Å². The van der Waals surface area contributed by atoms with Crippen LogP contribution in [-0.4, -0.2) is 48.7 Å². The highest BCUT2D eigenvalue weighted by molar-refractivity contribution is 7.90. The largest absolute Gasteiger partial charge is 0.377 e. The molecule has 1 aliphatic carbocycles. The molecule has 0 radical (unpaired) electrons. The highest BCUT2D eigenvalue weighted by Gasteiger charge is 2.32. The van der Waals surface area contributed by atoms with Gasteiger partial charge in [-0.25, -0.2) is 27.2 Å². The minimum absolute atomic E-state index is 0.00530. The average molecular weight is 563 g/mol. The van der Waals surface area contributed by atoms with Crippen LogP contribution in [-0.2, 0) is 30.5 Å². The zero-order chi connectivity index (χ0) is 27.9. The van der Waals surface area contributed by atoms with Gasteiger partial charge in [-0.3, -0.25) is 9.36 Å². The van der Waals surface area contributed by atoms with Crippen LogP contribution in [0.25, 0.3) is 11.2 Å². The van der Waals surface area contributed by atoms with Crippen molar-refractivity contribution >= 4 is 38.2 Å². The molecule has 2 fully saturated rings. The molecule has 2 unspecified atom stereocenters. The lowest BCUT2D eigenvalue weighted by Crippen LogP contribution is -2.21. The Morgan fingerprint density at radius 1 is 1.18 bits per heavy atom. The number of fused-ring (bicyclic) bond motifs is 1. The summed E-state index contributed by atoms with van der Waals surface area (Å²) in [4.78, 5) is 21.6. The van der Waals surface area contributed by atoms with Crippen molar-refractivity contribution in [2.75, 3.05) is 25.3 Å². The number of nitrogens with zero attached hydrogens (tertiary/aromatic N) is 3. The fourth-order valence-electron chi connectivity index (χ4n) is 4.89. The van der Waals surface area contributed by atoms with Crippen molar-refractivity contribution in [1.29, 1.82) is 0 Å². The first-order valence-electron chi connectivity index (χ1n) is 13.0. The lowest BCUT2D eigenvalue weighted by atomic mass is 10.1. The van der Waals surface area contributed by atoms with Crippen LogP contribution in [0.2, 0.25) is 0 Å². The zero-order valence-corrected chi connectivity index (χ0v) is 22.9. The van der Waals surface area contributed by atoms with Crippen LogP contribution in [0.4, 0.5) is 20.2 Å². The summed E-state index contributed by atoms with van der Waals surface area (Å²) in [6.07, 6.45) is 1.07. The third kappa shape index (κ3) is 5.82. The molecular formula is C27H32F2N4O5S. The van der Waals surface area contributed by atoms with E-state index in [-0.39, 0.29) is 51.7 Å². The van der Waals surface area contributed by atoms with Gasteiger partial charge in [-0.05, 0) is 62.8 Å². The van der Waals surface area contributed by atoms with E-state index in [0.717, 1.165) is 31.9 Å². The Morgan fingerprint density at radius 3 is 2.56 bits per heavy atom. The van der Waals surface area contributed by atoms with Crippen molar-refractivity contribution in [1.82, 2.24) is 14.5 Å². The topological polar surface area (TPSA) is 112 Å².